The third-order valence-corrected chi connectivity index (χ3v) is 3.40. The summed E-state index contributed by atoms with van der Waals surface area (Å²) in [6.07, 6.45) is 3.36. The van der Waals surface area contributed by atoms with Crippen LogP contribution in [0.4, 0.5) is 0 Å². The summed E-state index contributed by atoms with van der Waals surface area (Å²) in [5, 5.41) is 11.5. The summed E-state index contributed by atoms with van der Waals surface area (Å²) < 4.78 is 0. The maximum atomic E-state index is 12.1. The summed E-state index contributed by atoms with van der Waals surface area (Å²) in [5.41, 5.74) is 2.92. The molecule has 0 spiro atoms. The number of amides is 1. The third-order valence-electron chi connectivity index (χ3n) is 3.40. The second-order valence-electron chi connectivity index (χ2n) is 4.57. The van der Waals surface area contributed by atoms with Crippen molar-refractivity contribution in [3.05, 3.63) is 34.9 Å². The summed E-state index contributed by atoms with van der Waals surface area (Å²) in [6.45, 7) is 1.74. The second kappa shape index (κ2) is 5.21. The maximum absolute atomic E-state index is 12.1. The first-order valence-electron chi connectivity index (χ1n) is 6.28. The van der Waals surface area contributed by atoms with Gasteiger partial charge in [0.05, 0.1) is 0 Å². The summed E-state index contributed by atoms with van der Waals surface area (Å²) in [7, 11) is 0. The highest BCUT2D eigenvalue weighted by atomic mass is 16.4. The predicted octanol–water partition coefficient (Wildman–Crippen LogP) is 1.77. The Labute approximate surface area is 106 Å². The van der Waals surface area contributed by atoms with Crippen molar-refractivity contribution in [1.82, 2.24) is 5.32 Å². The first kappa shape index (κ1) is 12.6. The van der Waals surface area contributed by atoms with Gasteiger partial charge in [0, 0.05) is 5.56 Å². The molecule has 2 rings (SSSR count). The van der Waals surface area contributed by atoms with Gasteiger partial charge in [-0.15, -0.1) is 0 Å². The molecule has 4 heteroatoms. The number of carbonyl (C=O) groups excluding carboxylic acids is 1. The molecule has 0 heterocycles. The molecule has 0 fully saturated rings. The number of hydrogen-bond donors (Lipinski definition) is 2. The van der Waals surface area contributed by atoms with Gasteiger partial charge in [-0.3, -0.25) is 4.79 Å². The van der Waals surface area contributed by atoms with Crippen LogP contribution >= 0.6 is 0 Å². The molecule has 1 aliphatic carbocycles. The van der Waals surface area contributed by atoms with Crippen molar-refractivity contribution in [2.24, 2.45) is 0 Å². The zero-order valence-electron chi connectivity index (χ0n) is 10.4. The maximum Gasteiger partial charge on any atom is 0.326 e. The SMILES string of the molecule is CCC(NC(=O)c1cccc2c1CCC2)C(=O)O. The van der Waals surface area contributed by atoms with E-state index in [1.807, 2.05) is 12.1 Å². The lowest BCUT2D eigenvalue weighted by Gasteiger charge is -2.14. The number of fused-ring (bicyclic) bond motifs is 1. The van der Waals surface area contributed by atoms with Crippen LogP contribution in [-0.4, -0.2) is 23.0 Å². The summed E-state index contributed by atoms with van der Waals surface area (Å²) in [5.74, 6) is -1.26. The molecule has 1 atom stereocenters. The number of aryl methyl sites for hydroxylation is 1. The molecular formula is C14H17NO3. The lowest BCUT2D eigenvalue weighted by atomic mass is 10.0. The fourth-order valence-electron chi connectivity index (χ4n) is 2.41. The minimum Gasteiger partial charge on any atom is -0.480 e. The molecular weight excluding hydrogens is 230 g/mol. The van der Waals surface area contributed by atoms with Crippen LogP contribution in [0.2, 0.25) is 0 Å². The Hall–Kier alpha value is -1.84. The van der Waals surface area contributed by atoms with Gasteiger partial charge in [0.15, 0.2) is 0 Å². The van der Waals surface area contributed by atoms with Crippen molar-refractivity contribution in [2.75, 3.05) is 0 Å². The van der Waals surface area contributed by atoms with Crippen LogP contribution in [0.3, 0.4) is 0 Å². The zero-order chi connectivity index (χ0) is 13.1. The summed E-state index contributed by atoms with van der Waals surface area (Å²) >= 11 is 0. The number of nitrogens with one attached hydrogen (secondary N) is 1. The number of aliphatic carboxylic acids is 1. The molecule has 2 N–H and O–H groups in total. The molecule has 96 valence electrons. The van der Waals surface area contributed by atoms with Crippen LogP contribution in [0.25, 0.3) is 0 Å². The molecule has 0 saturated carbocycles. The average molecular weight is 247 g/mol. The smallest absolute Gasteiger partial charge is 0.326 e. The lowest BCUT2D eigenvalue weighted by molar-refractivity contribution is -0.139. The van der Waals surface area contributed by atoms with Gasteiger partial charge in [0.1, 0.15) is 6.04 Å². The first-order chi connectivity index (χ1) is 8.63. The Morgan fingerprint density at radius 2 is 2.17 bits per heavy atom. The number of hydrogen-bond acceptors (Lipinski definition) is 2. The van der Waals surface area contributed by atoms with Crippen molar-refractivity contribution in [3.63, 3.8) is 0 Å². The number of benzene rings is 1. The van der Waals surface area contributed by atoms with E-state index >= 15 is 0 Å². The molecule has 1 aromatic carbocycles. The Balaban J connectivity index is 2.19. The Kier molecular flexibility index (Phi) is 3.65. The van der Waals surface area contributed by atoms with Crippen LogP contribution in [0, 0.1) is 0 Å². The minimum atomic E-state index is -0.988. The van der Waals surface area contributed by atoms with Gasteiger partial charge in [-0.25, -0.2) is 4.79 Å². The van der Waals surface area contributed by atoms with Gasteiger partial charge >= 0.3 is 5.97 Å². The Morgan fingerprint density at radius 3 is 2.83 bits per heavy atom. The van der Waals surface area contributed by atoms with Crippen molar-refractivity contribution in [2.45, 2.75) is 38.6 Å². The van der Waals surface area contributed by atoms with E-state index in [1.165, 1.54) is 5.56 Å². The number of rotatable bonds is 4. The van der Waals surface area contributed by atoms with E-state index in [4.69, 9.17) is 5.11 Å². The molecule has 4 nitrogen and oxygen atoms in total. The van der Waals surface area contributed by atoms with Gasteiger partial charge in [0.2, 0.25) is 0 Å². The Morgan fingerprint density at radius 1 is 1.39 bits per heavy atom. The summed E-state index contributed by atoms with van der Waals surface area (Å²) in [4.78, 5) is 23.0. The van der Waals surface area contributed by atoms with E-state index in [0.717, 1.165) is 24.8 Å². The van der Waals surface area contributed by atoms with E-state index in [-0.39, 0.29) is 5.91 Å². The Bertz CT molecular complexity index is 482. The van der Waals surface area contributed by atoms with Crippen molar-refractivity contribution in [1.29, 1.82) is 0 Å². The van der Waals surface area contributed by atoms with Crippen molar-refractivity contribution >= 4 is 11.9 Å². The molecule has 0 radical (unpaired) electrons. The largest absolute Gasteiger partial charge is 0.480 e. The van der Waals surface area contributed by atoms with Crippen molar-refractivity contribution in [3.8, 4) is 0 Å². The van der Waals surface area contributed by atoms with E-state index < -0.39 is 12.0 Å². The molecule has 1 unspecified atom stereocenters. The zero-order valence-corrected chi connectivity index (χ0v) is 10.4. The predicted molar refractivity (Wildman–Crippen MR) is 67.6 cm³/mol. The number of carboxylic acid groups (broad SMARTS) is 1. The fourth-order valence-corrected chi connectivity index (χ4v) is 2.41. The van der Waals surface area contributed by atoms with Crippen LogP contribution in [-0.2, 0) is 17.6 Å². The second-order valence-corrected chi connectivity index (χ2v) is 4.57. The molecule has 1 aliphatic rings. The average Bonchev–Trinajstić information content (AvgIpc) is 2.82. The minimum absolute atomic E-state index is 0.275. The topological polar surface area (TPSA) is 66.4 Å². The number of carbonyl (C=O) groups is 2. The summed E-state index contributed by atoms with van der Waals surface area (Å²) in [6, 6.07) is 4.86. The molecule has 0 bridgehead atoms. The molecule has 1 aromatic rings. The molecule has 1 amide bonds. The lowest BCUT2D eigenvalue weighted by Crippen LogP contribution is -2.40. The third kappa shape index (κ3) is 2.37. The van der Waals surface area contributed by atoms with Gasteiger partial charge < -0.3 is 10.4 Å². The van der Waals surface area contributed by atoms with Crippen LogP contribution in [0.5, 0.6) is 0 Å². The highest BCUT2D eigenvalue weighted by Gasteiger charge is 2.22. The standard InChI is InChI=1S/C14H17NO3/c1-2-12(14(17)18)15-13(16)11-8-4-6-9-5-3-7-10(9)11/h4,6,8,12H,2-3,5,7H2,1H3,(H,15,16)(H,17,18). The van der Waals surface area contributed by atoms with E-state index in [9.17, 15) is 9.59 Å². The first-order valence-corrected chi connectivity index (χ1v) is 6.28. The van der Waals surface area contributed by atoms with Gasteiger partial charge in [-0.2, -0.15) is 0 Å². The molecule has 0 aromatic heterocycles. The van der Waals surface area contributed by atoms with Gasteiger partial charge in [0.25, 0.3) is 5.91 Å². The normalized spacial score (nSPS) is 14.9. The van der Waals surface area contributed by atoms with E-state index in [2.05, 4.69) is 5.32 Å². The van der Waals surface area contributed by atoms with Crippen LogP contribution in [0.15, 0.2) is 18.2 Å². The van der Waals surface area contributed by atoms with Gasteiger partial charge in [-0.05, 0) is 42.9 Å². The highest BCUT2D eigenvalue weighted by molar-refractivity contribution is 5.98. The number of carboxylic acids is 1. The van der Waals surface area contributed by atoms with E-state index in [1.54, 1.807) is 13.0 Å². The monoisotopic (exact) mass is 247 g/mol. The molecule has 0 saturated heterocycles. The molecule has 18 heavy (non-hydrogen) atoms. The van der Waals surface area contributed by atoms with Crippen LogP contribution < -0.4 is 5.32 Å². The highest BCUT2D eigenvalue weighted by Crippen LogP contribution is 2.25. The quantitative estimate of drug-likeness (QED) is 0.852. The van der Waals surface area contributed by atoms with E-state index in [0.29, 0.717) is 12.0 Å². The molecule has 0 aliphatic heterocycles. The van der Waals surface area contributed by atoms with Crippen molar-refractivity contribution < 1.29 is 14.7 Å². The fraction of sp³-hybridized carbons (Fsp3) is 0.429. The van der Waals surface area contributed by atoms with Crippen LogP contribution in [0.1, 0.15) is 41.3 Å². The van der Waals surface area contributed by atoms with Gasteiger partial charge in [-0.1, -0.05) is 19.1 Å².